The van der Waals surface area contributed by atoms with E-state index in [9.17, 15) is 0 Å². The van der Waals surface area contributed by atoms with Gasteiger partial charge in [0.15, 0.2) is 0 Å². The molecule has 1 aromatic rings. The van der Waals surface area contributed by atoms with E-state index in [0.717, 1.165) is 6.54 Å². The monoisotopic (exact) mass is 243 g/mol. The van der Waals surface area contributed by atoms with Crippen molar-refractivity contribution in [3.8, 4) is 0 Å². The highest BCUT2D eigenvalue weighted by Crippen LogP contribution is 2.27. The zero-order valence-corrected chi connectivity index (χ0v) is 11.7. The Bertz CT molecular complexity index is 406. The van der Waals surface area contributed by atoms with Gasteiger partial charge in [0.25, 0.3) is 0 Å². The summed E-state index contributed by atoms with van der Waals surface area (Å²) in [4.78, 5) is 0. The van der Waals surface area contributed by atoms with Gasteiger partial charge < -0.3 is 5.32 Å². The van der Waals surface area contributed by atoms with Crippen molar-refractivity contribution >= 4 is 0 Å². The molecular formula is C17H25N. The SMILES string of the molecule is CCNC(CC1=CCCCC1)c1cccc(C)c1. The average molecular weight is 243 g/mol. The van der Waals surface area contributed by atoms with E-state index in [1.165, 1.54) is 43.2 Å². The largest absolute Gasteiger partial charge is 0.310 e. The van der Waals surface area contributed by atoms with Crippen molar-refractivity contribution < 1.29 is 0 Å². The topological polar surface area (TPSA) is 12.0 Å². The third kappa shape index (κ3) is 3.71. The van der Waals surface area contributed by atoms with Crippen molar-refractivity contribution in [3.63, 3.8) is 0 Å². The number of hydrogen-bond acceptors (Lipinski definition) is 1. The van der Waals surface area contributed by atoms with Gasteiger partial charge in [-0.1, -0.05) is 48.4 Å². The minimum atomic E-state index is 0.485. The molecular weight excluding hydrogens is 218 g/mol. The molecule has 18 heavy (non-hydrogen) atoms. The molecule has 1 aromatic carbocycles. The molecule has 1 unspecified atom stereocenters. The Balaban J connectivity index is 2.09. The number of aryl methyl sites for hydroxylation is 1. The highest BCUT2D eigenvalue weighted by atomic mass is 14.9. The Hall–Kier alpha value is -1.08. The molecule has 0 aromatic heterocycles. The second-order valence-electron chi connectivity index (χ2n) is 5.34. The maximum absolute atomic E-state index is 3.63. The second kappa shape index (κ2) is 6.75. The van der Waals surface area contributed by atoms with Gasteiger partial charge in [-0.2, -0.15) is 0 Å². The van der Waals surface area contributed by atoms with Gasteiger partial charge in [-0.3, -0.25) is 0 Å². The molecule has 0 aliphatic heterocycles. The van der Waals surface area contributed by atoms with Crippen molar-refractivity contribution in [2.45, 2.75) is 52.0 Å². The van der Waals surface area contributed by atoms with Crippen LogP contribution in [0.2, 0.25) is 0 Å². The molecule has 1 heteroatoms. The lowest BCUT2D eigenvalue weighted by Gasteiger charge is -2.22. The second-order valence-corrected chi connectivity index (χ2v) is 5.34. The highest BCUT2D eigenvalue weighted by Gasteiger charge is 2.14. The van der Waals surface area contributed by atoms with Crippen LogP contribution in [-0.2, 0) is 0 Å². The average Bonchev–Trinajstić information content (AvgIpc) is 2.39. The summed E-state index contributed by atoms with van der Waals surface area (Å²) in [6, 6.07) is 9.40. The standard InChI is InChI=1S/C17H25N/c1-3-18-17(13-15-9-5-4-6-10-15)16-11-7-8-14(2)12-16/h7-9,11-12,17-18H,3-6,10,13H2,1-2H3. The molecule has 98 valence electrons. The lowest BCUT2D eigenvalue weighted by atomic mass is 9.91. The maximum atomic E-state index is 3.63. The van der Waals surface area contributed by atoms with Gasteiger partial charge >= 0.3 is 0 Å². The summed E-state index contributed by atoms with van der Waals surface area (Å²) in [5.41, 5.74) is 4.44. The molecule has 0 spiro atoms. The Labute approximate surface area is 111 Å². The van der Waals surface area contributed by atoms with Crippen molar-refractivity contribution in [2.75, 3.05) is 6.54 Å². The van der Waals surface area contributed by atoms with Crippen molar-refractivity contribution in [1.82, 2.24) is 5.32 Å². The van der Waals surface area contributed by atoms with E-state index in [1.54, 1.807) is 5.57 Å². The number of benzene rings is 1. The molecule has 0 fully saturated rings. The van der Waals surface area contributed by atoms with E-state index >= 15 is 0 Å². The summed E-state index contributed by atoms with van der Waals surface area (Å²) in [5.74, 6) is 0. The summed E-state index contributed by atoms with van der Waals surface area (Å²) in [5, 5.41) is 3.63. The summed E-state index contributed by atoms with van der Waals surface area (Å²) in [7, 11) is 0. The van der Waals surface area contributed by atoms with E-state index in [2.05, 4.69) is 49.5 Å². The first-order chi connectivity index (χ1) is 8.79. The van der Waals surface area contributed by atoms with Crippen LogP contribution in [0.15, 0.2) is 35.9 Å². The van der Waals surface area contributed by atoms with Crippen LogP contribution in [0.3, 0.4) is 0 Å². The molecule has 2 rings (SSSR count). The van der Waals surface area contributed by atoms with Crippen LogP contribution in [0.5, 0.6) is 0 Å². The fraction of sp³-hybridized carbons (Fsp3) is 0.529. The first-order valence-corrected chi connectivity index (χ1v) is 7.27. The predicted octanol–water partition coefficient (Wildman–Crippen LogP) is 4.54. The molecule has 0 amide bonds. The molecule has 0 heterocycles. The van der Waals surface area contributed by atoms with Gasteiger partial charge in [0.1, 0.15) is 0 Å². The van der Waals surface area contributed by atoms with Crippen LogP contribution in [0.4, 0.5) is 0 Å². The summed E-state index contributed by atoms with van der Waals surface area (Å²) >= 11 is 0. The predicted molar refractivity (Wildman–Crippen MR) is 78.8 cm³/mol. The van der Waals surface area contributed by atoms with Gasteiger partial charge in [-0.25, -0.2) is 0 Å². The normalized spacial score (nSPS) is 17.3. The molecule has 0 saturated heterocycles. The van der Waals surface area contributed by atoms with E-state index in [1.807, 2.05) is 0 Å². The molecule has 0 saturated carbocycles. The van der Waals surface area contributed by atoms with Crippen molar-refractivity contribution in [3.05, 3.63) is 47.0 Å². The molecule has 1 N–H and O–H groups in total. The molecule has 1 nitrogen and oxygen atoms in total. The maximum Gasteiger partial charge on any atom is 0.0357 e. The molecule has 1 aliphatic rings. The lowest BCUT2D eigenvalue weighted by Crippen LogP contribution is -2.21. The van der Waals surface area contributed by atoms with Gasteiger partial charge in [-0.05, 0) is 51.1 Å². The minimum Gasteiger partial charge on any atom is -0.310 e. The number of allylic oxidation sites excluding steroid dienone is 1. The zero-order chi connectivity index (χ0) is 12.8. The smallest absolute Gasteiger partial charge is 0.0357 e. The van der Waals surface area contributed by atoms with Gasteiger partial charge in [0.2, 0.25) is 0 Å². The van der Waals surface area contributed by atoms with E-state index < -0.39 is 0 Å². The van der Waals surface area contributed by atoms with E-state index in [4.69, 9.17) is 0 Å². The van der Waals surface area contributed by atoms with Crippen LogP contribution in [0, 0.1) is 6.92 Å². The molecule has 1 aliphatic carbocycles. The van der Waals surface area contributed by atoms with Crippen LogP contribution in [0.25, 0.3) is 0 Å². The van der Waals surface area contributed by atoms with Gasteiger partial charge in [0, 0.05) is 6.04 Å². The van der Waals surface area contributed by atoms with Crippen LogP contribution in [0.1, 0.15) is 56.2 Å². The fourth-order valence-corrected chi connectivity index (χ4v) is 2.79. The van der Waals surface area contributed by atoms with Crippen molar-refractivity contribution in [2.24, 2.45) is 0 Å². The Morgan fingerprint density at radius 3 is 2.83 bits per heavy atom. The highest BCUT2D eigenvalue weighted by molar-refractivity contribution is 5.26. The Morgan fingerprint density at radius 1 is 1.28 bits per heavy atom. The summed E-state index contributed by atoms with van der Waals surface area (Å²) in [6.07, 6.45) is 8.97. The fourth-order valence-electron chi connectivity index (χ4n) is 2.79. The Morgan fingerprint density at radius 2 is 2.17 bits per heavy atom. The third-order valence-electron chi connectivity index (χ3n) is 3.75. The molecule has 1 atom stereocenters. The summed E-state index contributed by atoms with van der Waals surface area (Å²) < 4.78 is 0. The van der Waals surface area contributed by atoms with Gasteiger partial charge in [-0.15, -0.1) is 0 Å². The third-order valence-corrected chi connectivity index (χ3v) is 3.75. The minimum absolute atomic E-state index is 0.485. The van der Waals surface area contributed by atoms with Crippen molar-refractivity contribution in [1.29, 1.82) is 0 Å². The first-order valence-electron chi connectivity index (χ1n) is 7.27. The number of rotatable bonds is 5. The van der Waals surface area contributed by atoms with Gasteiger partial charge in [0.05, 0.1) is 0 Å². The number of nitrogens with one attached hydrogen (secondary N) is 1. The van der Waals surface area contributed by atoms with Crippen LogP contribution < -0.4 is 5.32 Å². The quantitative estimate of drug-likeness (QED) is 0.749. The van der Waals surface area contributed by atoms with Crippen LogP contribution in [-0.4, -0.2) is 6.54 Å². The number of hydrogen-bond donors (Lipinski definition) is 1. The summed E-state index contributed by atoms with van der Waals surface area (Å²) in [6.45, 7) is 5.40. The Kier molecular flexibility index (Phi) is 5.00. The molecule has 0 bridgehead atoms. The molecule has 0 radical (unpaired) electrons. The zero-order valence-electron chi connectivity index (χ0n) is 11.7. The lowest BCUT2D eigenvalue weighted by molar-refractivity contribution is 0.527. The van der Waals surface area contributed by atoms with E-state index in [-0.39, 0.29) is 0 Å². The van der Waals surface area contributed by atoms with E-state index in [0.29, 0.717) is 6.04 Å². The van der Waals surface area contributed by atoms with Crippen LogP contribution >= 0.6 is 0 Å². The first kappa shape index (κ1) is 13.4.